The number of aryl methyl sites for hydroxylation is 1. The molecule has 0 atom stereocenters. The molecule has 0 saturated heterocycles. The summed E-state index contributed by atoms with van der Waals surface area (Å²) in [5.74, 6) is -0.543. The van der Waals surface area contributed by atoms with Crippen LogP contribution in [0.3, 0.4) is 0 Å². The molecule has 0 unspecified atom stereocenters. The molecule has 1 aliphatic carbocycles. The van der Waals surface area contributed by atoms with Crippen molar-refractivity contribution in [2.24, 2.45) is 0 Å². The van der Waals surface area contributed by atoms with Crippen LogP contribution in [0, 0.1) is 5.82 Å². The van der Waals surface area contributed by atoms with Crippen molar-refractivity contribution >= 4 is 22.4 Å². The molecule has 6 nitrogen and oxygen atoms in total. The Balaban J connectivity index is 1.52. The number of carbonyl (C=O) groups is 1. The minimum Gasteiger partial charge on any atom is -0.494 e. The van der Waals surface area contributed by atoms with Crippen LogP contribution in [-0.2, 0) is 12.8 Å². The predicted octanol–water partition coefficient (Wildman–Crippen LogP) is 3.81. The number of rotatable bonds is 4. The maximum atomic E-state index is 13.9. The SMILES string of the molecule is COc1ccc(-c2csc(NC(=O)c3n[nH]c4c3CCCC4)n2)cc1F. The van der Waals surface area contributed by atoms with Crippen LogP contribution in [0.1, 0.15) is 34.6 Å². The van der Waals surface area contributed by atoms with Gasteiger partial charge in [0.2, 0.25) is 0 Å². The molecule has 2 heterocycles. The fraction of sp³-hybridized carbons (Fsp3) is 0.278. The van der Waals surface area contributed by atoms with Gasteiger partial charge in [-0.25, -0.2) is 9.37 Å². The van der Waals surface area contributed by atoms with Gasteiger partial charge in [0.15, 0.2) is 22.4 Å². The van der Waals surface area contributed by atoms with Crippen LogP contribution in [0.15, 0.2) is 23.6 Å². The molecule has 0 radical (unpaired) electrons. The maximum Gasteiger partial charge on any atom is 0.278 e. The minimum absolute atomic E-state index is 0.181. The number of halogens is 1. The molecule has 1 aromatic carbocycles. The number of methoxy groups -OCH3 is 1. The Kier molecular flexibility index (Phi) is 4.42. The van der Waals surface area contributed by atoms with Crippen LogP contribution in [-0.4, -0.2) is 28.2 Å². The Morgan fingerprint density at radius 2 is 2.19 bits per heavy atom. The van der Waals surface area contributed by atoms with Crippen molar-refractivity contribution in [3.8, 4) is 17.0 Å². The van der Waals surface area contributed by atoms with Gasteiger partial charge in [-0.2, -0.15) is 5.10 Å². The highest BCUT2D eigenvalue weighted by atomic mass is 32.1. The Labute approximate surface area is 153 Å². The minimum atomic E-state index is -0.452. The standard InChI is InChI=1S/C18H17FN4O2S/c1-25-15-7-6-10(8-12(15)19)14-9-26-18(20-14)21-17(24)16-11-4-2-3-5-13(11)22-23-16/h6-9H,2-5H2,1H3,(H,22,23)(H,20,21,24). The summed E-state index contributed by atoms with van der Waals surface area (Å²) >= 11 is 1.29. The molecular formula is C18H17FN4O2S. The number of aromatic nitrogens is 3. The van der Waals surface area contributed by atoms with E-state index in [1.807, 2.05) is 0 Å². The first kappa shape index (κ1) is 16.7. The third kappa shape index (κ3) is 3.08. The van der Waals surface area contributed by atoms with Gasteiger partial charge in [0.1, 0.15) is 0 Å². The van der Waals surface area contributed by atoms with Crippen LogP contribution in [0.25, 0.3) is 11.3 Å². The molecule has 26 heavy (non-hydrogen) atoms. The van der Waals surface area contributed by atoms with Crippen molar-refractivity contribution in [1.29, 1.82) is 0 Å². The van der Waals surface area contributed by atoms with E-state index < -0.39 is 5.82 Å². The lowest BCUT2D eigenvalue weighted by atomic mass is 9.96. The van der Waals surface area contributed by atoms with Gasteiger partial charge in [0, 0.05) is 22.2 Å². The number of thiazole rings is 1. The molecule has 1 aliphatic rings. The van der Waals surface area contributed by atoms with Crippen molar-refractivity contribution < 1.29 is 13.9 Å². The van der Waals surface area contributed by atoms with Gasteiger partial charge in [-0.05, 0) is 43.9 Å². The molecule has 1 amide bonds. The molecule has 0 saturated carbocycles. The number of hydrogen-bond acceptors (Lipinski definition) is 5. The highest BCUT2D eigenvalue weighted by molar-refractivity contribution is 7.14. The highest BCUT2D eigenvalue weighted by Crippen LogP contribution is 2.29. The average Bonchev–Trinajstić information content (AvgIpc) is 3.28. The topological polar surface area (TPSA) is 79.9 Å². The number of anilines is 1. The van der Waals surface area contributed by atoms with Gasteiger partial charge in [0.25, 0.3) is 5.91 Å². The first-order valence-corrected chi connectivity index (χ1v) is 9.20. The van der Waals surface area contributed by atoms with E-state index in [0.29, 0.717) is 22.1 Å². The van der Waals surface area contributed by atoms with Gasteiger partial charge in [-0.3, -0.25) is 15.2 Å². The molecule has 3 aromatic rings. The summed E-state index contributed by atoms with van der Waals surface area (Å²) in [6.45, 7) is 0. The molecule has 2 aromatic heterocycles. The van der Waals surface area contributed by atoms with E-state index in [4.69, 9.17) is 4.74 Å². The van der Waals surface area contributed by atoms with E-state index in [9.17, 15) is 9.18 Å². The molecule has 8 heteroatoms. The molecule has 2 N–H and O–H groups in total. The van der Waals surface area contributed by atoms with Crippen molar-refractivity contribution in [1.82, 2.24) is 15.2 Å². The van der Waals surface area contributed by atoms with Gasteiger partial charge in [-0.15, -0.1) is 11.3 Å². The third-order valence-electron chi connectivity index (χ3n) is 4.44. The first-order chi connectivity index (χ1) is 12.7. The van der Waals surface area contributed by atoms with E-state index in [2.05, 4.69) is 20.5 Å². The zero-order chi connectivity index (χ0) is 18.1. The van der Waals surface area contributed by atoms with E-state index in [0.717, 1.165) is 36.9 Å². The number of aromatic amines is 1. The van der Waals surface area contributed by atoms with Crippen LogP contribution in [0.2, 0.25) is 0 Å². The summed E-state index contributed by atoms with van der Waals surface area (Å²) < 4.78 is 18.8. The summed E-state index contributed by atoms with van der Waals surface area (Å²) in [6, 6.07) is 4.65. The molecule has 0 bridgehead atoms. The molecule has 0 fully saturated rings. The van der Waals surface area contributed by atoms with Crippen LogP contribution in [0.4, 0.5) is 9.52 Å². The van der Waals surface area contributed by atoms with Crippen molar-refractivity contribution in [3.63, 3.8) is 0 Å². The van der Waals surface area contributed by atoms with Gasteiger partial charge in [0.05, 0.1) is 12.8 Å². The summed E-state index contributed by atoms with van der Waals surface area (Å²) in [6.07, 6.45) is 3.98. The van der Waals surface area contributed by atoms with Crippen LogP contribution in [0.5, 0.6) is 5.75 Å². The lowest BCUT2D eigenvalue weighted by molar-refractivity contribution is 0.102. The molecular weight excluding hydrogens is 355 g/mol. The number of nitrogens with zero attached hydrogens (tertiary/aromatic N) is 2. The zero-order valence-electron chi connectivity index (χ0n) is 14.1. The monoisotopic (exact) mass is 372 g/mol. The maximum absolute atomic E-state index is 13.9. The predicted molar refractivity (Wildman–Crippen MR) is 97.2 cm³/mol. The van der Waals surface area contributed by atoms with Gasteiger partial charge < -0.3 is 4.74 Å². The smallest absolute Gasteiger partial charge is 0.278 e. The summed E-state index contributed by atoms with van der Waals surface area (Å²) in [5, 5.41) is 12.1. The molecule has 0 spiro atoms. The number of carbonyl (C=O) groups excluding carboxylic acids is 1. The van der Waals surface area contributed by atoms with E-state index in [1.165, 1.54) is 24.5 Å². The van der Waals surface area contributed by atoms with E-state index in [1.54, 1.807) is 17.5 Å². The van der Waals surface area contributed by atoms with E-state index in [-0.39, 0.29) is 11.7 Å². The second kappa shape index (κ2) is 6.87. The second-order valence-corrected chi connectivity index (χ2v) is 6.94. The molecule has 134 valence electrons. The Bertz CT molecular complexity index is 966. The molecule has 0 aliphatic heterocycles. The Morgan fingerprint density at radius 3 is 3.00 bits per heavy atom. The number of hydrogen-bond donors (Lipinski definition) is 2. The second-order valence-electron chi connectivity index (χ2n) is 6.08. The van der Waals surface area contributed by atoms with Gasteiger partial charge >= 0.3 is 0 Å². The van der Waals surface area contributed by atoms with Gasteiger partial charge in [-0.1, -0.05) is 0 Å². The highest BCUT2D eigenvalue weighted by Gasteiger charge is 2.22. The van der Waals surface area contributed by atoms with Crippen molar-refractivity contribution in [3.05, 3.63) is 46.3 Å². The average molecular weight is 372 g/mol. The lowest BCUT2D eigenvalue weighted by Crippen LogP contribution is -2.15. The fourth-order valence-electron chi connectivity index (χ4n) is 3.11. The third-order valence-corrected chi connectivity index (χ3v) is 5.20. The number of ether oxygens (including phenoxy) is 1. The number of fused-ring (bicyclic) bond motifs is 1. The summed E-state index contributed by atoms with van der Waals surface area (Å²) in [7, 11) is 1.42. The quantitative estimate of drug-likeness (QED) is 0.730. The normalized spacial score (nSPS) is 13.3. The number of amides is 1. The van der Waals surface area contributed by atoms with Crippen LogP contribution >= 0.6 is 11.3 Å². The fourth-order valence-corrected chi connectivity index (χ4v) is 3.83. The Hall–Kier alpha value is -2.74. The lowest BCUT2D eigenvalue weighted by Gasteiger charge is -2.10. The number of benzene rings is 1. The van der Waals surface area contributed by atoms with Crippen LogP contribution < -0.4 is 10.1 Å². The van der Waals surface area contributed by atoms with Crippen molar-refractivity contribution in [2.45, 2.75) is 25.7 Å². The zero-order valence-corrected chi connectivity index (χ0v) is 15.0. The van der Waals surface area contributed by atoms with E-state index >= 15 is 0 Å². The largest absolute Gasteiger partial charge is 0.494 e. The first-order valence-electron chi connectivity index (χ1n) is 8.32. The summed E-state index contributed by atoms with van der Waals surface area (Å²) in [5.41, 5.74) is 3.71. The Morgan fingerprint density at radius 1 is 1.35 bits per heavy atom. The number of H-pyrrole nitrogens is 1. The molecule has 4 rings (SSSR count). The number of nitrogens with one attached hydrogen (secondary N) is 2. The summed E-state index contributed by atoms with van der Waals surface area (Å²) in [4.78, 5) is 16.9. The van der Waals surface area contributed by atoms with Crippen molar-refractivity contribution in [2.75, 3.05) is 12.4 Å².